The fraction of sp³-hybridized carbons (Fsp3) is 0.286. The fourth-order valence-electron chi connectivity index (χ4n) is 3.03. The van der Waals surface area contributed by atoms with Crippen LogP contribution < -0.4 is 16.6 Å². The molecule has 0 aliphatic carbocycles. The molecule has 0 unspecified atom stereocenters. The molecule has 0 aliphatic rings. The molecule has 1 aromatic carbocycles. The van der Waals surface area contributed by atoms with Gasteiger partial charge in [-0.2, -0.15) is 5.10 Å². The Kier molecular flexibility index (Phi) is 6.85. The number of rotatable bonds is 8. The lowest BCUT2D eigenvalue weighted by Gasteiger charge is -2.12. The third-order valence-electron chi connectivity index (χ3n) is 4.71. The average molecular weight is 415 g/mol. The quantitative estimate of drug-likeness (QED) is 0.589. The number of carbonyl (C=O) groups is 1. The maximum absolute atomic E-state index is 12.8. The predicted octanol–water partition coefficient (Wildman–Crippen LogP) is 2.36. The number of benzene rings is 1. The van der Waals surface area contributed by atoms with Crippen LogP contribution in [0.1, 0.15) is 28.0 Å². The van der Waals surface area contributed by atoms with Crippen LogP contribution >= 0.6 is 11.6 Å². The second-order valence-corrected chi connectivity index (χ2v) is 7.17. The van der Waals surface area contributed by atoms with Gasteiger partial charge in [0.05, 0.1) is 25.4 Å². The van der Waals surface area contributed by atoms with Crippen LogP contribution in [0, 0.1) is 6.92 Å². The monoisotopic (exact) mass is 414 g/mol. The molecule has 152 valence electrons. The summed E-state index contributed by atoms with van der Waals surface area (Å²) in [5.74, 6) is 0.521. The molecule has 0 bridgehead atoms. The maximum atomic E-state index is 12.8. The Morgan fingerprint density at radius 1 is 1.31 bits per heavy atom. The van der Waals surface area contributed by atoms with Crippen LogP contribution in [0.25, 0.3) is 0 Å². The molecule has 0 spiro atoms. The summed E-state index contributed by atoms with van der Waals surface area (Å²) in [6.07, 6.45) is 3.72. The van der Waals surface area contributed by atoms with Crippen LogP contribution in [0.3, 0.4) is 0 Å². The molecule has 0 aliphatic heterocycles. The Bertz CT molecular complexity index is 1040. The van der Waals surface area contributed by atoms with E-state index < -0.39 is 0 Å². The van der Waals surface area contributed by atoms with Gasteiger partial charge in [-0.3, -0.25) is 9.59 Å². The zero-order chi connectivity index (χ0) is 20.8. The first-order valence-electron chi connectivity index (χ1n) is 9.30. The number of hydrogen-bond donors (Lipinski definition) is 2. The fourth-order valence-corrected chi connectivity index (χ4v) is 3.23. The largest absolute Gasteiger partial charge is 0.469 e. The van der Waals surface area contributed by atoms with Crippen molar-refractivity contribution in [1.82, 2.24) is 15.1 Å². The lowest BCUT2D eigenvalue weighted by Crippen LogP contribution is -2.32. The molecule has 0 radical (unpaired) electrons. The molecule has 2 heterocycles. The molecule has 29 heavy (non-hydrogen) atoms. The van der Waals surface area contributed by atoms with Gasteiger partial charge in [-0.15, -0.1) is 0 Å². The number of halogens is 1. The van der Waals surface area contributed by atoms with Gasteiger partial charge in [0.25, 0.3) is 5.56 Å². The number of aromatic nitrogens is 2. The second-order valence-electron chi connectivity index (χ2n) is 6.73. The molecule has 2 aromatic heterocycles. The van der Waals surface area contributed by atoms with Crippen LogP contribution in [-0.2, 0) is 37.3 Å². The average Bonchev–Trinajstić information content (AvgIpc) is 3.22. The van der Waals surface area contributed by atoms with Crippen LogP contribution in [0.2, 0.25) is 5.02 Å². The number of carbonyl (C=O) groups excluding carboxylic acids is 1. The van der Waals surface area contributed by atoms with Crippen molar-refractivity contribution in [3.63, 3.8) is 0 Å². The van der Waals surface area contributed by atoms with Crippen molar-refractivity contribution in [3.8, 4) is 0 Å². The summed E-state index contributed by atoms with van der Waals surface area (Å²) < 4.78 is 6.65. The number of nitrogens with one attached hydrogen (secondary N) is 1. The molecule has 0 atom stereocenters. The summed E-state index contributed by atoms with van der Waals surface area (Å²) in [5, 5.41) is 7.59. The van der Waals surface area contributed by atoms with Gasteiger partial charge in [-0.05, 0) is 47.9 Å². The van der Waals surface area contributed by atoms with E-state index in [0.29, 0.717) is 42.2 Å². The highest BCUT2D eigenvalue weighted by molar-refractivity contribution is 6.30. The van der Waals surface area contributed by atoms with E-state index in [1.54, 1.807) is 37.6 Å². The minimum absolute atomic E-state index is 0.0214. The van der Waals surface area contributed by atoms with Gasteiger partial charge < -0.3 is 15.5 Å². The lowest BCUT2D eigenvalue weighted by molar-refractivity contribution is -0.120. The highest BCUT2D eigenvalue weighted by Crippen LogP contribution is 2.16. The normalized spacial score (nSPS) is 10.9. The third kappa shape index (κ3) is 5.34. The van der Waals surface area contributed by atoms with Crippen molar-refractivity contribution in [2.75, 3.05) is 0 Å². The summed E-state index contributed by atoms with van der Waals surface area (Å²) in [6, 6.07) is 9.03. The Morgan fingerprint density at radius 3 is 2.86 bits per heavy atom. The molecule has 7 nitrogen and oxygen atoms in total. The Morgan fingerprint density at radius 2 is 2.14 bits per heavy atom. The molecule has 0 saturated heterocycles. The molecule has 3 aromatic rings. The van der Waals surface area contributed by atoms with Gasteiger partial charge in [0.15, 0.2) is 0 Å². The van der Waals surface area contributed by atoms with Crippen molar-refractivity contribution in [1.29, 1.82) is 0 Å². The predicted molar refractivity (Wildman–Crippen MR) is 111 cm³/mol. The molecule has 3 rings (SSSR count). The summed E-state index contributed by atoms with van der Waals surface area (Å²) in [7, 11) is 0. The van der Waals surface area contributed by atoms with Crippen molar-refractivity contribution >= 4 is 17.5 Å². The molecule has 0 saturated carbocycles. The molecule has 3 N–H and O–H groups in total. The van der Waals surface area contributed by atoms with Gasteiger partial charge in [0, 0.05) is 30.1 Å². The number of amides is 1. The topological polar surface area (TPSA) is 103 Å². The minimum Gasteiger partial charge on any atom is -0.469 e. The van der Waals surface area contributed by atoms with E-state index >= 15 is 0 Å². The van der Waals surface area contributed by atoms with E-state index in [1.165, 1.54) is 4.68 Å². The molecular formula is C21H23ClN4O3. The smallest absolute Gasteiger partial charge is 0.270 e. The first kappa shape index (κ1) is 20.8. The number of aryl methyl sites for hydroxylation is 3. The summed E-state index contributed by atoms with van der Waals surface area (Å²) in [4.78, 5) is 25.2. The Hall–Kier alpha value is -2.90. The van der Waals surface area contributed by atoms with E-state index in [0.717, 1.165) is 16.9 Å². The van der Waals surface area contributed by atoms with E-state index in [9.17, 15) is 9.59 Å². The van der Waals surface area contributed by atoms with Gasteiger partial charge in [0.2, 0.25) is 5.91 Å². The van der Waals surface area contributed by atoms with Crippen molar-refractivity contribution in [2.24, 2.45) is 5.73 Å². The molecule has 0 fully saturated rings. The summed E-state index contributed by atoms with van der Waals surface area (Å²) in [6.45, 7) is 2.80. The zero-order valence-corrected chi connectivity index (χ0v) is 16.9. The SMILES string of the molecule is Cc1cnn(CCc2ccco2)c(=O)c1CC(=O)NCc1cc(Cl)ccc1CN. The lowest BCUT2D eigenvalue weighted by atomic mass is 10.1. The van der Waals surface area contributed by atoms with Crippen LogP contribution in [-0.4, -0.2) is 15.7 Å². The van der Waals surface area contributed by atoms with Crippen molar-refractivity contribution < 1.29 is 9.21 Å². The summed E-state index contributed by atoms with van der Waals surface area (Å²) >= 11 is 6.03. The molecular weight excluding hydrogens is 392 g/mol. The summed E-state index contributed by atoms with van der Waals surface area (Å²) in [5.41, 5.74) is 8.36. The number of nitrogens with zero attached hydrogens (tertiary/aromatic N) is 2. The number of nitrogens with two attached hydrogens (primary N) is 1. The van der Waals surface area contributed by atoms with E-state index in [1.807, 2.05) is 12.1 Å². The minimum atomic E-state index is -0.267. The van der Waals surface area contributed by atoms with Gasteiger partial charge in [-0.25, -0.2) is 4.68 Å². The first-order valence-corrected chi connectivity index (χ1v) is 9.67. The van der Waals surface area contributed by atoms with Crippen LogP contribution in [0.15, 0.2) is 52.0 Å². The Labute approximate surface area is 173 Å². The standard InChI is InChI=1S/C21H23ClN4O3/c1-14-12-25-26(7-6-18-3-2-8-29-18)21(28)19(14)10-20(27)24-13-16-9-17(22)5-4-15(16)11-23/h2-5,8-9,12H,6-7,10-11,13,23H2,1H3,(H,24,27). The van der Waals surface area contributed by atoms with Gasteiger partial charge in [0.1, 0.15) is 5.76 Å². The maximum Gasteiger partial charge on any atom is 0.270 e. The first-order chi connectivity index (χ1) is 14.0. The van der Waals surface area contributed by atoms with Crippen molar-refractivity contribution in [3.05, 3.63) is 86.2 Å². The highest BCUT2D eigenvalue weighted by Gasteiger charge is 2.14. The molecule has 8 heteroatoms. The van der Waals surface area contributed by atoms with E-state index in [2.05, 4.69) is 10.4 Å². The number of hydrogen-bond acceptors (Lipinski definition) is 5. The number of furan rings is 1. The molecule has 1 amide bonds. The Balaban J connectivity index is 1.67. The van der Waals surface area contributed by atoms with Gasteiger partial charge in [-0.1, -0.05) is 17.7 Å². The van der Waals surface area contributed by atoms with Crippen LogP contribution in [0.5, 0.6) is 0 Å². The van der Waals surface area contributed by atoms with Gasteiger partial charge >= 0.3 is 0 Å². The van der Waals surface area contributed by atoms with Crippen molar-refractivity contribution in [2.45, 2.75) is 39.4 Å². The third-order valence-corrected chi connectivity index (χ3v) is 4.95. The van der Waals surface area contributed by atoms with Crippen LogP contribution in [0.4, 0.5) is 0 Å². The van der Waals surface area contributed by atoms with E-state index in [4.69, 9.17) is 21.8 Å². The van der Waals surface area contributed by atoms with E-state index in [-0.39, 0.29) is 17.9 Å². The second kappa shape index (κ2) is 9.54. The highest BCUT2D eigenvalue weighted by atomic mass is 35.5. The zero-order valence-electron chi connectivity index (χ0n) is 16.2.